The molecule has 0 aliphatic carbocycles. The van der Waals surface area contributed by atoms with E-state index in [9.17, 15) is 0 Å². The first-order valence-electron chi connectivity index (χ1n) is 3.37. The lowest BCUT2D eigenvalue weighted by atomic mass is 10.2. The molecule has 9 heavy (non-hydrogen) atoms. The van der Waals surface area contributed by atoms with Crippen molar-refractivity contribution in [3.63, 3.8) is 0 Å². The van der Waals surface area contributed by atoms with Crippen molar-refractivity contribution in [3.05, 3.63) is 0 Å². The summed E-state index contributed by atoms with van der Waals surface area (Å²) in [4.78, 5) is 0. The molecule has 0 heterocycles. The topological polar surface area (TPSA) is 12.4 Å². The highest BCUT2D eigenvalue weighted by molar-refractivity contribution is 7.98. The van der Waals surface area contributed by atoms with Crippen LogP contribution in [0.4, 0.5) is 0 Å². The van der Waals surface area contributed by atoms with Gasteiger partial charge in [0.05, 0.1) is 0 Å². The van der Waals surface area contributed by atoms with E-state index in [1.807, 2.05) is 13.1 Å². The molecule has 0 aliphatic heterocycles. The van der Waals surface area contributed by atoms with E-state index in [2.05, 4.69) is 18.2 Å². The first-order valence-corrected chi connectivity index (χ1v) is 4.31. The van der Waals surface area contributed by atoms with Crippen LogP contribution in [-0.4, -0.2) is 12.0 Å². The Balaban J connectivity index is 2.91. The van der Waals surface area contributed by atoms with Gasteiger partial charge in [0, 0.05) is 12.0 Å². The van der Waals surface area contributed by atoms with Gasteiger partial charge in [-0.3, -0.25) is 0 Å². The first kappa shape index (κ1) is 9.02. The van der Waals surface area contributed by atoms with Crippen LogP contribution >= 0.6 is 11.9 Å². The maximum atomic E-state index is 4.04. The van der Waals surface area contributed by atoms with Gasteiger partial charge >= 0.3 is 0 Å². The number of hydrogen-bond acceptors (Lipinski definition) is 2. The van der Waals surface area contributed by atoms with E-state index in [4.69, 9.17) is 0 Å². The Morgan fingerprint density at radius 2 is 2.22 bits per heavy atom. The smallest absolute Gasteiger partial charge is 0.0155 e. The van der Waals surface area contributed by atoms with Gasteiger partial charge in [0.25, 0.3) is 0 Å². The molecule has 0 atom stereocenters. The van der Waals surface area contributed by atoms with Gasteiger partial charge in [-0.05, 0) is 31.2 Å². The van der Waals surface area contributed by atoms with E-state index >= 15 is 0 Å². The Morgan fingerprint density at radius 1 is 1.56 bits per heavy atom. The molecule has 1 nitrogen and oxygen atoms in total. The molecule has 0 fully saturated rings. The van der Waals surface area contributed by atoms with Crippen molar-refractivity contribution in [1.82, 2.24) is 0 Å². The zero-order chi connectivity index (χ0) is 7.11. The average Bonchev–Trinajstić information content (AvgIpc) is 1.80. The maximum Gasteiger partial charge on any atom is 0.0155 e. The maximum absolute atomic E-state index is 4.04. The Kier molecular flexibility index (Phi) is 6.16. The van der Waals surface area contributed by atoms with Gasteiger partial charge in [-0.1, -0.05) is 13.8 Å². The van der Waals surface area contributed by atoms with Crippen LogP contribution in [0.3, 0.4) is 0 Å². The Morgan fingerprint density at radius 3 is 2.67 bits per heavy atom. The van der Waals surface area contributed by atoms with Crippen LogP contribution in [-0.2, 0) is 0 Å². The van der Waals surface area contributed by atoms with E-state index in [0.717, 1.165) is 11.7 Å². The fourth-order valence-corrected chi connectivity index (χ4v) is 1.25. The molecule has 0 aliphatic rings. The summed E-state index contributed by atoms with van der Waals surface area (Å²) in [5.41, 5.74) is 0. The third-order valence-electron chi connectivity index (χ3n) is 0.966. The quantitative estimate of drug-likeness (QED) is 0.336. The van der Waals surface area contributed by atoms with Gasteiger partial charge in [-0.2, -0.15) is 0 Å². The molecule has 0 radical (unpaired) electrons. The standard InChI is InChI=1S/C7H15NS/c1-4-8-9-6-5-7(2)3/h4,7H,5-6H2,1-3H3. The summed E-state index contributed by atoms with van der Waals surface area (Å²) in [7, 11) is 0. The summed E-state index contributed by atoms with van der Waals surface area (Å²) in [6.07, 6.45) is 3.10. The molecule has 0 unspecified atom stereocenters. The second-order valence-electron chi connectivity index (χ2n) is 2.38. The lowest BCUT2D eigenvalue weighted by Crippen LogP contribution is -1.87. The normalized spacial score (nSPS) is 11.6. The second kappa shape index (κ2) is 6.14. The Hall–Kier alpha value is 0.0200. The van der Waals surface area contributed by atoms with Crippen molar-refractivity contribution in [3.8, 4) is 0 Å². The number of rotatable bonds is 4. The van der Waals surface area contributed by atoms with Gasteiger partial charge in [-0.25, -0.2) is 4.40 Å². The van der Waals surface area contributed by atoms with Crippen molar-refractivity contribution >= 4 is 18.2 Å². The van der Waals surface area contributed by atoms with Gasteiger partial charge in [0.15, 0.2) is 0 Å². The van der Waals surface area contributed by atoms with Crippen LogP contribution in [0.2, 0.25) is 0 Å². The minimum absolute atomic E-state index is 0.810. The van der Waals surface area contributed by atoms with Gasteiger partial charge in [0.1, 0.15) is 0 Å². The summed E-state index contributed by atoms with van der Waals surface area (Å²) < 4.78 is 4.04. The van der Waals surface area contributed by atoms with E-state index in [0.29, 0.717) is 0 Å². The van der Waals surface area contributed by atoms with Crippen LogP contribution in [0.5, 0.6) is 0 Å². The van der Waals surface area contributed by atoms with Crippen LogP contribution in [0.1, 0.15) is 27.2 Å². The Labute approximate surface area is 62.1 Å². The molecule has 2 heteroatoms. The first-order chi connectivity index (χ1) is 4.27. The molecule has 0 N–H and O–H groups in total. The van der Waals surface area contributed by atoms with Crippen molar-refractivity contribution in [2.45, 2.75) is 27.2 Å². The highest BCUT2D eigenvalue weighted by atomic mass is 32.2. The van der Waals surface area contributed by atoms with Crippen molar-refractivity contribution in [1.29, 1.82) is 0 Å². The molecular weight excluding hydrogens is 130 g/mol. The summed E-state index contributed by atoms with van der Waals surface area (Å²) in [5, 5.41) is 0. The molecule has 0 aromatic rings. The van der Waals surface area contributed by atoms with E-state index in [1.165, 1.54) is 6.42 Å². The van der Waals surface area contributed by atoms with Gasteiger partial charge in [-0.15, -0.1) is 0 Å². The number of nitrogens with zero attached hydrogens (tertiary/aromatic N) is 1. The van der Waals surface area contributed by atoms with E-state index in [1.54, 1.807) is 11.9 Å². The highest BCUT2D eigenvalue weighted by Crippen LogP contribution is 2.08. The molecule has 0 bridgehead atoms. The molecule has 0 rings (SSSR count). The molecule has 0 aromatic carbocycles. The van der Waals surface area contributed by atoms with Crippen LogP contribution in [0.25, 0.3) is 0 Å². The molecule has 0 spiro atoms. The van der Waals surface area contributed by atoms with Gasteiger partial charge < -0.3 is 0 Å². The highest BCUT2D eigenvalue weighted by Gasteiger charge is 1.91. The van der Waals surface area contributed by atoms with Crippen LogP contribution in [0, 0.1) is 5.92 Å². The largest absolute Gasteiger partial charge is 0.229 e. The third kappa shape index (κ3) is 8.02. The molecule has 54 valence electrons. The Bertz CT molecular complexity index is 79.0. The number of hydrogen-bond donors (Lipinski definition) is 0. The third-order valence-corrected chi connectivity index (χ3v) is 1.74. The second-order valence-corrected chi connectivity index (χ2v) is 3.26. The van der Waals surface area contributed by atoms with E-state index in [-0.39, 0.29) is 0 Å². The average molecular weight is 145 g/mol. The fraction of sp³-hybridized carbons (Fsp3) is 0.857. The lowest BCUT2D eigenvalue weighted by Gasteiger charge is -1.98. The molecule has 0 saturated heterocycles. The van der Waals surface area contributed by atoms with Crippen LogP contribution < -0.4 is 0 Å². The molecule has 0 aromatic heterocycles. The molecule has 0 amide bonds. The minimum Gasteiger partial charge on any atom is -0.229 e. The SMILES string of the molecule is CC=NSCCC(C)C. The monoisotopic (exact) mass is 145 g/mol. The van der Waals surface area contributed by atoms with Crippen molar-refractivity contribution in [2.75, 3.05) is 5.75 Å². The summed E-state index contributed by atoms with van der Waals surface area (Å²) in [6.45, 7) is 6.41. The zero-order valence-electron chi connectivity index (χ0n) is 6.42. The molecular formula is C7H15NS. The molecule has 0 saturated carbocycles. The predicted molar refractivity (Wildman–Crippen MR) is 46.1 cm³/mol. The fourth-order valence-electron chi connectivity index (χ4n) is 0.416. The minimum atomic E-state index is 0.810. The lowest BCUT2D eigenvalue weighted by molar-refractivity contribution is 0.632. The van der Waals surface area contributed by atoms with Crippen LogP contribution in [0.15, 0.2) is 4.40 Å². The zero-order valence-corrected chi connectivity index (χ0v) is 7.24. The summed E-state index contributed by atoms with van der Waals surface area (Å²) in [5.74, 6) is 1.96. The van der Waals surface area contributed by atoms with Crippen molar-refractivity contribution < 1.29 is 0 Å². The predicted octanol–water partition coefficient (Wildman–Crippen LogP) is 2.77. The van der Waals surface area contributed by atoms with E-state index < -0.39 is 0 Å². The summed E-state index contributed by atoms with van der Waals surface area (Å²) in [6, 6.07) is 0. The summed E-state index contributed by atoms with van der Waals surface area (Å²) >= 11 is 1.65. The van der Waals surface area contributed by atoms with Crippen molar-refractivity contribution in [2.24, 2.45) is 10.3 Å². The van der Waals surface area contributed by atoms with Gasteiger partial charge in [0.2, 0.25) is 0 Å².